The molecule has 5 radical (unpaired) electrons. The maximum atomic E-state index is 10.3. The van der Waals surface area contributed by atoms with Gasteiger partial charge in [-0.3, -0.25) is 4.79 Å². The zero-order valence-electron chi connectivity index (χ0n) is 5.13. The average Bonchev–Trinajstić information content (AvgIpc) is 2.15. The Balaban J connectivity index is 2.19. The van der Waals surface area contributed by atoms with E-state index >= 15 is 0 Å². The molecule has 1 aliphatic rings. The third kappa shape index (κ3) is 2.04. The van der Waals surface area contributed by atoms with Crippen LogP contribution in [0.25, 0.3) is 0 Å². The molecule has 0 saturated heterocycles. The number of esters is 1. The molecule has 0 aromatic rings. The minimum atomic E-state index is -0.277. The van der Waals surface area contributed by atoms with E-state index in [2.05, 4.69) is 0 Å². The van der Waals surface area contributed by atoms with Crippen molar-refractivity contribution in [3.63, 3.8) is 0 Å². The summed E-state index contributed by atoms with van der Waals surface area (Å²) >= 11 is 0. The molecule has 0 amide bonds. The van der Waals surface area contributed by atoms with Gasteiger partial charge in [-0.2, -0.15) is 0 Å². The van der Waals surface area contributed by atoms with Gasteiger partial charge in [0.05, 0.1) is 0 Å². The molecule has 1 saturated carbocycles. The molecule has 2 heteroatoms. The third-order valence-electron chi connectivity index (χ3n) is 0.894. The number of rotatable bonds is 1. The minimum absolute atomic E-state index is 0.277. The number of carbonyl (C=O) groups is 1. The molecule has 0 heterocycles. The van der Waals surface area contributed by atoms with Crippen molar-refractivity contribution >= 4 is 5.97 Å². The molecular weight excluding hydrogens is 116 g/mol. The van der Waals surface area contributed by atoms with Crippen LogP contribution in [0.2, 0.25) is 0 Å². The fourth-order valence-electron chi connectivity index (χ4n) is 0.590. The summed E-state index contributed by atoms with van der Waals surface area (Å²) < 4.78 is 4.72. The maximum Gasteiger partial charge on any atom is 0.303 e. The first-order valence-corrected chi connectivity index (χ1v) is 2.69. The van der Waals surface area contributed by atoms with Crippen LogP contribution in [0.15, 0.2) is 0 Å². The Kier molecular flexibility index (Phi) is 2.09. The van der Waals surface area contributed by atoms with Crippen LogP contribution in [0.4, 0.5) is 0 Å². The van der Waals surface area contributed by atoms with Crippen molar-refractivity contribution in [3.8, 4) is 0 Å². The second kappa shape index (κ2) is 2.85. The highest BCUT2D eigenvalue weighted by atomic mass is 16.5. The Morgan fingerprint density at radius 3 is 2.44 bits per heavy atom. The molecular formula is C7H7O2. The van der Waals surface area contributed by atoms with Crippen LogP contribution in [0.1, 0.15) is 6.92 Å². The standard InChI is InChI=1S/C7H7O2/c1-6(8)9-7-4-2-3-5-7/h2-5H,1H3. The van der Waals surface area contributed by atoms with Crippen LogP contribution in [-0.2, 0) is 9.53 Å². The van der Waals surface area contributed by atoms with Crippen LogP contribution >= 0.6 is 0 Å². The van der Waals surface area contributed by atoms with Crippen molar-refractivity contribution in [2.24, 2.45) is 0 Å². The largest absolute Gasteiger partial charge is 0.454 e. The van der Waals surface area contributed by atoms with Gasteiger partial charge in [0.25, 0.3) is 0 Å². The molecule has 1 rings (SSSR count). The molecule has 1 fully saturated rings. The Morgan fingerprint density at radius 1 is 1.44 bits per heavy atom. The average molecular weight is 123 g/mol. The molecule has 0 spiro atoms. The van der Waals surface area contributed by atoms with Crippen LogP contribution in [-0.4, -0.2) is 5.97 Å². The van der Waals surface area contributed by atoms with Crippen molar-refractivity contribution in [2.45, 2.75) is 6.92 Å². The molecule has 9 heavy (non-hydrogen) atoms. The van der Waals surface area contributed by atoms with Gasteiger partial charge in [0, 0.05) is 19.8 Å². The summed E-state index contributed by atoms with van der Waals surface area (Å²) in [6.45, 7) is 1.38. The first-order valence-electron chi connectivity index (χ1n) is 2.69. The SMILES string of the molecule is CC(=O)O[C]1[CH][CH][CH][CH]1. The quantitative estimate of drug-likeness (QED) is 0.484. The summed E-state index contributed by atoms with van der Waals surface area (Å²) in [5.74, 6) is -0.277. The maximum absolute atomic E-state index is 10.3. The topological polar surface area (TPSA) is 26.3 Å². The predicted molar refractivity (Wildman–Crippen MR) is 32.2 cm³/mol. The van der Waals surface area contributed by atoms with E-state index in [4.69, 9.17) is 4.74 Å². The molecule has 0 aromatic carbocycles. The van der Waals surface area contributed by atoms with Crippen molar-refractivity contribution in [2.75, 3.05) is 0 Å². The Hall–Kier alpha value is -0.530. The van der Waals surface area contributed by atoms with Gasteiger partial charge in [0.1, 0.15) is 0 Å². The van der Waals surface area contributed by atoms with Crippen LogP contribution in [0.3, 0.4) is 0 Å². The summed E-state index contributed by atoms with van der Waals surface area (Å²) in [7, 11) is 0. The van der Waals surface area contributed by atoms with E-state index < -0.39 is 0 Å². The van der Waals surface area contributed by atoms with Gasteiger partial charge in [-0.25, -0.2) is 0 Å². The molecule has 0 atom stereocenters. The van der Waals surface area contributed by atoms with E-state index in [0.29, 0.717) is 6.10 Å². The summed E-state index contributed by atoms with van der Waals surface area (Å²) in [6.07, 6.45) is 7.72. The Labute approximate surface area is 55.2 Å². The van der Waals surface area contributed by atoms with E-state index in [0.717, 1.165) is 0 Å². The van der Waals surface area contributed by atoms with Gasteiger partial charge in [-0.1, -0.05) is 0 Å². The molecule has 0 aromatic heterocycles. The highest BCUT2D eigenvalue weighted by Gasteiger charge is 2.19. The van der Waals surface area contributed by atoms with Crippen LogP contribution in [0, 0.1) is 31.8 Å². The van der Waals surface area contributed by atoms with Gasteiger partial charge in [0.15, 0.2) is 6.10 Å². The Morgan fingerprint density at radius 2 is 2.00 bits per heavy atom. The fourth-order valence-corrected chi connectivity index (χ4v) is 0.590. The van der Waals surface area contributed by atoms with Gasteiger partial charge in [-0.15, -0.1) is 0 Å². The first kappa shape index (κ1) is 6.59. The third-order valence-corrected chi connectivity index (χ3v) is 0.894. The summed E-state index contributed by atoms with van der Waals surface area (Å²) in [4.78, 5) is 10.3. The van der Waals surface area contributed by atoms with Crippen LogP contribution < -0.4 is 0 Å². The van der Waals surface area contributed by atoms with E-state index in [1.165, 1.54) is 6.92 Å². The van der Waals surface area contributed by atoms with E-state index in [1.807, 2.05) is 12.8 Å². The molecule has 47 valence electrons. The molecule has 0 unspecified atom stereocenters. The monoisotopic (exact) mass is 123 g/mol. The lowest BCUT2D eigenvalue weighted by Gasteiger charge is -2.04. The van der Waals surface area contributed by atoms with Gasteiger partial charge in [-0.05, 0) is 12.8 Å². The smallest absolute Gasteiger partial charge is 0.303 e. The number of ether oxygens (including phenoxy) is 1. The molecule has 0 N–H and O–H groups in total. The summed E-state index contributed by atoms with van der Waals surface area (Å²) in [5, 5.41) is 0. The van der Waals surface area contributed by atoms with Crippen molar-refractivity contribution in [3.05, 3.63) is 31.8 Å². The zero-order chi connectivity index (χ0) is 6.69. The normalized spacial score (nSPS) is 20.1. The summed E-state index contributed by atoms with van der Waals surface area (Å²) in [6, 6.07) is 0. The number of hydrogen-bond acceptors (Lipinski definition) is 2. The molecule has 0 bridgehead atoms. The second-order valence-corrected chi connectivity index (χ2v) is 1.71. The van der Waals surface area contributed by atoms with E-state index in [9.17, 15) is 4.79 Å². The van der Waals surface area contributed by atoms with E-state index in [1.54, 1.807) is 12.8 Å². The number of hydrogen-bond donors (Lipinski definition) is 0. The fraction of sp³-hybridized carbons (Fsp3) is 0.143. The first-order chi connectivity index (χ1) is 4.29. The van der Waals surface area contributed by atoms with Gasteiger partial charge in [0.2, 0.25) is 0 Å². The van der Waals surface area contributed by atoms with Crippen molar-refractivity contribution < 1.29 is 9.53 Å². The van der Waals surface area contributed by atoms with Crippen molar-refractivity contribution in [1.29, 1.82) is 0 Å². The lowest BCUT2D eigenvalue weighted by atomic mass is 10.3. The van der Waals surface area contributed by atoms with E-state index in [-0.39, 0.29) is 5.97 Å². The van der Waals surface area contributed by atoms with Crippen LogP contribution in [0.5, 0.6) is 0 Å². The van der Waals surface area contributed by atoms with Gasteiger partial charge < -0.3 is 4.74 Å². The lowest BCUT2D eigenvalue weighted by molar-refractivity contribution is -0.138. The minimum Gasteiger partial charge on any atom is -0.454 e. The predicted octanol–water partition coefficient (Wildman–Crippen LogP) is 0.912. The summed E-state index contributed by atoms with van der Waals surface area (Å²) in [5.41, 5.74) is 0. The zero-order valence-corrected chi connectivity index (χ0v) is 5.13. The number of carbonyl (C=O) groups excluding carboxylic acids is 1. The highest BCUT2D eigenvalue weighted by molar-refractivity contribution is 5.68. The molecule has 0 aliphatic heterocycles. The highest BCUT2D eigenvalue weighted by Crippen LogP contribution is 2.23. The lowest BCUT2D eigenvalue weighted by Crippen LogP contribution is -2.03. The molecule has 2 nitrogen and oxygen atoms in total. The van der Waals surface area contributed by atoms with Gasteiger partial charge >= 0.3 is 5.97 Å². The van der Waals surface area contributed by atoms with Crippen molar-refractivity contribution in [1.82, 2.24) is 0 Å². The Bertz CT molecular complexity index is 103. The second-order valence-electron chi connectivity index (χ2n) is 1.71. The molecule has 1 aliphatic carbocycles.